The van der Waals surface area contributed by atoms with Crippen LogP contribution in [0.15, 0.2) is 23.8 Å². The van der Waals surface area contributed by atoms with Gasteiger partial charge in [0.1, 0.15) is 5.75 Å². The van der Waals surface area contributed by atoms with Gasteiger partial charge in [-0.05, 0) is 43.5 Å². The van der Waals surface area contributed by atoms with Crippen molar-refractivity contribution in [2.75, 3.05) is 19.5 Å². The summed E-state index contributed by atoms with van der Waals surface area (Å²) in [5.74, 6) is -0.263. The van der Waals surface area contributed by atoms with Crippen molar-refractivity contribution in [3.05, 3.63) is 29.3 Å². The Balaban J connectivity index is 1.87. The lowest BCUT2D eigenvalue weighted by molar-refractivity contribution is -0.140. The third kappa shape index (κ3) is 5.63. The molecule has 0 radical (unpaired) electrons. The van der Waals surface area contributed by atoms with E-state index in [1.165, 1.54) is 7.11 Å². The predicted molar refractivity (Wildman–Crippen MR) is 92.6 cm³/mol. The van der Waals surface area contributed by atoms with Crippen molar-refractivity contribution in [3.63, 3.8) is 0 Å². The van der Waals surface area contributed by atoms with Crippen LogP contribution in [0.2, 0.25) is 0 Å². The van der Waals surface area contributed by atoms with Crippen LogP contribution < -0.4 is 15.8 Å². The lowest BCUT2D eigenvalue weighted by Crippen LogP contribution is -2.19. The van der Waals surface area contributed by atoms with E-state index in [1.807, 2.05) is 0 Å². The molecule has 3 N–H and O–H groups in total. The first-order valence-electron chi connectivity index (χ1n) is 8.13. The normalized spacial score (nSPS) is 15.3. The molecule has 2 amide bonds. The smallest absolute Gasteiger partial charge is 0.305 e. The summed E-state index contributed by atoms with van der Waals surface area (Å²) < 4.78 is 10.3. The Morgan fingerprint density at radius 1 is 1.28 bits per heavy atom. The van der Waals surface area contributed by atoms with E-state index in [0.29, 0.717) is 35.6 Å². The molecule has 1 heterocycles. The number of rotatable bonds is 8. The van der Waals surface area contributed by atoms with E-state index >= 15 is 0 Å². The van der Waals surface area contributed by atoms with Crippen LogP contribution in [0.25, 0.3) is 6.08 Å². The van der Waals surface area contributed by atoms with Crippen molar-refractivity contribution in [1.29, 1.82) is 0 Å². The second kappa shape index (κ2) is 8.86. The molecule has 0 saturated carbocycles. The summed E-state index contributed by atoms with van der Waals surface area (Å²) >= 11 is 0. The summed E-state index contributed by atoms with van der Waals surface area (Å²) in [5.41, 5.74) is 7.46. The summed E-state index contributed by atoms with van der Waals surface area (Å²) in [6, 6.07) is 5.20. The number of carbonyl (C=O) groups excluding carboxylic acids is 3. The number of nitrogens with two attached hydrogens (primary N) is 1. The van der Waals surface area contributed by atoms with Gasteiger partial charge in [-0.15, -0.1) is 0 Å². The molecular formula is C18H22N2O5. The van der Waals surface area contributed by atoms with Crippen LogP contribution in [-0.4, -0.2) is 31.5 Å². The van der Waals surface area contributed by atoms with Crippen LogP contribution in [0.1, 0.15) is 37.7 Å². The number of hydrogen-bond acceptors (Lipinski definition) is 6. The van der Waals surface area contributed by atoms with Gasteiger partial charge in [-0.2, -0.15) is 0 Å². The summed E-state index contributed by atoms with van der Waals surface area (Å²) in [6.45, 7) is 0.514. The molecule has 134 valence electrons. The zero-order valence-electron chi connectivity index (χ0n) is 14.2. The minimum atomic E-state index is -0.388. The topological polar surface area (TPSA) is 108 Å². The van der Waals surface area contributed by atoms with Crippen LogP contribution >= 0.6 is 0 Å². The zero-order valence-corrected chi connectivity index (χ0v) is 14.2. The molecule has 0 bridgehead atoms. The molecular weight excluding hydrogens is 324 g/mol. The quantitative estimate of drug-likeness (QED) is 0.244. The first kappa shape index (κ1) is 18.5. The maximum Gasteiger partial charge on any atom is 0.305 e. The molecule has 7 nitrogen and oxygen atoms in total. The van der Waals surface area contributed by atoms with E-state index in [-0.39, 0.29) is 24.2 Å². The highest BCUT2D eigenvalue weighted by Gasteiger charge is 2.23. The number of nitrogens with one attached hydrogen (secondary N) is 1. The van der Waals surface area contributed by atoms with Crippen molar-refractivity contribution >= 4 is 29.5 Å². The molecule has 1 aromatic rings. The molecule has 2 rings (SSSR count). The first-order valence-corrected chi connectivity index (χ1v) is 8.13. The second-order valence-corrected chi connectivity index (χ2v) is 5.75. The fourth-order valence-corrected chi connectivity index (χ4v) is 2.42. The molecule has 1 aromatic carbocycles. The molecule has 1 aliphatic rings. The summed E-state index contributed by atoms with van der Waals surface area (Å²) in [5, 5.41) is 2.24. The second-order valence-electron chi connectivity index (χ2n) is 5.75. The Morgan fingerprint density at radius 3 is 2.76 bits per heavy atom. The summed E-state index contributed by atoms with van der Waals surface area (Å²) in [6.07, 6.45) is 4.52. The van der Waals surface area contributed by atoms with Gasteiger partial charge in [0.2, 0.25) is 5.91 Å². The predicted octanol–water partition coefficient (Wildman–Crippen LogP) is 1.81. The molecule has 0 aliphatic carbocycles. The maximum absolute atomic E-state index is 11.6. The monoisotopic (exact) mass is 346 g/mol. The van der Waals surface area contributed by atoms with E-state index in [4.69, 9.17) is 10.5 Å². The summed E-state index contributed by atoms with van der Waals surface area (Å²) in [4.78, 5) is 33.9. The number of methoxy groups -OCH3 is 1. The average molecular weight is 346 g/mol. The van der Waals surface area contributed by atoms with Gasteiger partial charge >= 0.3 is 5.97 Å². The highest BCUT2D eigenvalue weighted by atomic mass is 16.5. The fourth-order valence-electron chi connectivity index (χ4n) is 2.42. The van der Waals surface area contributed by atoms with Crippen LogP contribution in [0.4, 0.5) is 5.69 Å². The van der Waals surface area contributed by atoms with Gasteiger partial charge in [0, 0.05) is 23.2 Å². The molecule has 1 aliphatic heterocycles. The van der Waals surface area contributed by atoms with Gasteiger partial charge in [0.15, 0.2) is 0 Å². The third-order valence-corrected chi connectivity index (χ3v) is 3.81. The number of anilines is 1. The van der Waals surface area contributed by atoms with Gasteiger partial charge < -0.3 is 15.2 Å². The van der Waals surface area contributed by atoms with E-state index in [2.05, 4.69) is 10.1 Å². The number of benzene rings is 1. The van der Waals surface area contributed by atoms with Crippen LogP contribution in [-0.2, 0) is 19.1 Å². The summed E-state index contributed by atoms with van der Waals surface area (Å²) in [7, 11) is 1.38. The third-order valence-electron chi connectivity index (χ3n) is 3.81. The number of carbonyl (C=O) groups is 3. The molecule has 25 heavy (non-hydrogen) atoms. The molecule has 0 unspecified atom stereocenters. The zero-order chi connectivity index (χ0) is 18.2. The SMILES string of the molecule is COC(=O)CCCCCOc1ccc(N)c(/C=C2\CC(=O)NC2=O)c1. The highest BCUT2D eigenvalue weighted by molar-refractivity contribution is 6.15. The molecule has 0 spiro atoms. The molecule has 0 aromatic heterocycles. The average Bonchev–Trinajstić information content (AvgIpc) is 2.90. The number of hydrogen-bond donors (Lipinski definition) is 2. The van der Waals surface area contributed by atoms with Crippen molar-refractivity contribution < 1.29 is 23.9 Å². The number of amides is 2. The number of ether oxygens (including phenoxy) is 2. The lowest BCUT2D eigenvalue weighted by Gasteiger charge is -2.09. The van der Waals surface area contributed by atoms with E-state index in [9.17, 15) is 14.4 Å². The Hall–Kier alpha value is -2.83. The number of unbranched alkanes of at least 4 members (excludes halogenated alkanes) is 2. The van der Waals surface area contributed by atoms with Crippen LogP contribution in [0, 0.1) is 0 Å². The lowest BCUT2D eigenvalue weighted by atomic mass is 10.1. The number of imide groups is 1. The van der Waals surface area contributed by atoms with Crippen LogP contribution in [0.3, 0.4) is 0 Å². The molecule has 1 saturated heterocycles. The van der Waals surface area contributed by atoms with E-state index < -0.39 is 0 Å². The minimum absolute atomic E-state index is 0.0591. The van der Waals surface area contributed by atoms with Gasteiger partial charge in [-0.3, -0.25) is 19.7 Å². The van der Waals surface area contributed by atoms with Crippen molar-refractivity contribution in [2.24, 2.45) is 0 Å². The maximum atomic E-state index is 11.6. The Labute approximate surface area is 146 Å². The number of nitrogen functional groups attached to an aromatic ring is 1. The van der Waals surface area contributed by atoms with E-state index in [0.717, 1.165) is 19.3 Å². The Bertz CT molecular complexity index is 697. The Morgan fingerprint density at radius 2 is 2.08 bits per heavy atom. The molecule has 7 heteroatoms. The minimum Gasteiger partial charge on any atom is -0.494 e. The fraction of sp³-hybridized carbons (Fsp3) is 0.389. The standard InChI is InChI=1S/C18H22N2O5/c1-24-17(22)5-3-2-4-8-25-14-6-7-15(19)12(10-14)9-13-11-16(21)20-18(13)23/h6-7,9-10H,2-5,8,11,19H2,1H3,(H,20,21,23)/b13-9+. The van der Waals surface area contributed by atoms with Gasteiger partial charge in [0.05, 0.1) is 20.1 Å². The van der Waals surface area contributed by atoms with Crippen molar-refractivity contribution in [1.82, 2.24) is 5.32 Å². The van der Waals surface area contributed by atoms with Gasteiger partial charge in [-0.25, -0.2) is 0 Å². The van der Waals surface area contributed by atoms with E-state index in [1.54, 1.807) is 24.3 Å². The highest BCUT2D eigenvalue weighted by Crippen LogP contribution is 2.24. The van der Waals surface area contributed by atoms with Crippen molar-refractivity contribution in [3.8, 4) is 5.75 Å². The van der Waals surface area contributed by atoms with Gasteiger partial charge in [0.25, 0.3) is 5.91 Å². The van der Waals surface area contributed by atoms with Crippen LogP contribution in [0.5, 0.6) is 5.75 Å². The largest absolute Gasteiger partial charge is 0.494 e. The number of esters is 1. The Kier molecular flexibility index (Phi) is 6.56. The molecule has 1 fully saturated rings. The van der Waals surface area contributed by atoms with Gasteiger partial charge in [-0.1, -0.05) is 0 Å². The molecule has 0 atom stereocenters. The van der Waals surface area contributed by atoms with Crippen molar-refractivity contribution in [2.45, 2.75) is 32.1 Å². The first-order chi connectivity index (χ1) is 12.0.